The summed E-state index contributed by atoms with van der Waals surface area (Å²) in [6.07, 6.45) is 68.9. The maximum absolute atomic E-state index is 13.2. The predicted molar refractivity (Wildman–Crippen MR) is 282 cm³/mol. The van der Waals surface area contributed by atoms with Gasteiger partial charge in [-0.2, -0.15) is 0 Å². The Morgan fingerprint density at radius 1 is 0.462 bits per heavy atom. The summed E-state index contributed by atoms with van der Waals surface area (Å²) in [6, 6.07) is -0.730. The Hall–Kier alpha value is -3.22. The van der Waals surface area contributed by atoms with Gasteiger partial charge in [-0.25, -0.2) is 0 Å². The van der Waals surface area contributed by atoms with Gasteiger partial charge in [0.15, 0.2) is 0 Å². The SMILES string of the molecule is CC/C=C\C/C=C\C/C=C\C/C=C\C/C=C\CCCC(CC(=O)NC(CO)C(O)CCCCCCCCCCCCCC)OC(=O)CCCCCC/C=C\C/C=C\C/C=C\CCCCC. The molecule has 3 atom stereocenters. The van der Waals surface area contributed by atoms with E-state index in [0.29, 0.717) is 19.3 Å². The van der Waals surface area contributed by atoms with Crippen LogP contribution in [0.5, 0.6) is 0 Å². The average molecular weight is 904 g/mol. The quantitative estimate of drug-likeness (QED) is 0.0321. The summed E-state index contributed by atoms with van der Waals surface area (Å²) >= 11 is 0. The van der Waals surface area contributed by atoms with E-state index in [-0.39, 0.29) is 24.9 Å². The number of rotatable bonds is 47. The lowest BCUT2D eigenvalue weighted by atomic mass is 10.0. The molecule has 0 aliphatic carbocycles. The van der Waals surface area contributed by atoms with Gasteiger partial charge in [-0.15, -0.1) is 0 Å². The molecule has 372 valence electrons. The third kappa shape index (κ3) is 47.1. The average Bonchev–Trinajstić information content (AvgIpc) is 3.30. The molecular weight excluding hydrogens is 803 g/mol. The molecule has 0 fully saturated rings. The first kappa shape index (κ1) is 61.8. The van der Waals surface area contributed by atoms with Crippen molar-refractivity contribution >= 4 is 11.9 Å². The van der Waals surface area contributed by atoms with Crippen LogP contribution in [0, 0.1) is 0 Å². The monoisotopic (exact) mass is 904 g/mol. The van der Waals surface area contributed by atoms with Gasteiger partial charge in [0.2, 0.25) is 5.91 Å². The second kappa shape index (κ2) is 51.8. The molecule has 0 aliphatic rings. The third-order valence-corrected chi connectivity index (χ3v) is 11.6. The van der Waals surface area contributed by atoms with Gasteiger partial charge >= 0.3 is 5.97 Å². The van der Waals surface area contributed by atoms with Crippen molar-refractivity contribution in [2.45, 2.75) is 257 Å². The molecule has 0 saturated carbocycles. The van der Waals surface area contributed by atoms with Gasteiger partial charge in [-0.3, -0.25) is 9.59 Å². The van der Waals surface area contributed by atoms with E-state index in [1.54, 1.807) is 0 Å². The fourth-order valence-electron chi connectivity index (χ4n) is 7.59. The van der Waals surface area contributed by atoms with E-state index >= 15 is 0 Å². The molecule has 0 aliphatic heterocycles. The highest BCUT2D eigenvalue weighted by Crippen LogP contribution is 2.16. The summed E-state index contributed by atoms with van der Waals surface area (Å²) in [7, 11) is 0. The summed E-state index contributed by atoms with van der Waals surface area (Å²) in [5.74, 6) is -0.561. The second-order valence-corrected chi connectivity index (χ2v) is 17.9. The number of ether oxygens (including phenoxy) is 1. The van der Waals surface area contributed by atoms with Crippen LogP contribution < -0.4 is 5.32 Å². The number of unbranched alkanes of at least 4 members (excludes halogenated alkanes) is 19. The summed E-state index contributed by atoms with van der Waals surface area (Å²) in [5.41, 5.74) is 0. The molecule has 6 heteroatoms. The lowest BCUT2D eigenvalue weighted by molar-refractivity contribution is -0.151. The van der Waals surface area contributed by atoms with Crippen LogP contribution in [0.4, 0.5) is 0 Å². The zero-order valence-corrected chi connectivity index (χ0v) is 42.3. The van der Waals surface area contributed by atoms with Crippen LogP contribution in [-0.2, 0) is 14.3 Å². The first-order valence-corrected chi connectivity index (χ1v) is 27.0. The summed E-state index contributed by atoms with van der Waals surface area (Å²) in [6.45, 7) is 6.31. The van der Waals surface area contributed by atoms with Gasteiger partial charge in [0.25, 0.3) is 0 Å². The number of allylic oxidation sites excluding steroid dienone is 16. The Kier molecular flexibility index (Phi) is 49.2. The van der Waals surface area contributed by atoms with Crippen LogP contribution in [0.25, 0.3) is 0 Å². The van der Waals surface area contributed by atoms with Crippen LogP contribution in [-0.4, -0.2) is 46.9 Å². The first-order valence-electron chi connectivity index (χ1n) is 27.0. The van der Waals surface area contributed by atoms with Crippen molar-refractivity contribution in [1.82, 2.24) is 5.32 Å². The normalized spacial score (nSPS) is 14.0. The highest BCUT2D eigenvalue weighted by Gasteiger charge is 2.24. The fraction of sp³-hybridized carbons (Fsp3) is 0.695. The van der Waals surface area contributed by atoms with Gasteiger partial charge in [-0.05, 0) is 103 Å². The van der Waals surface area contributed by atoms with Crippen LogP contribution in [0.1, 0.15) is 239 Å². The van der Waals surface area contributed by atoms with Crippen molar-refractivity contribution in [2.24, 2.45) is 0 Å². The lowest BCUT2D eigenvalue weighted by Gasteiger charge is -2.24. The number of esters is 1. The molecule has 1 amide bonds. The van der Waals surface area contributed by atoms with Crippen molar-refractivity contribution in [3.05, 3.63) is 97.2 Å². The zero-order chi connectivity index (χ0) is 47.4. The molecule has 0 radical (unpaired) electrons. The number of carbonyl (C=O) groups is 2. The maximum Gasteiger partial charge on any atom is 0.306 e. The number of aliphatic hydroxyl groups excluding tert-OH is 2. The Balaban J connectivity index is 4.75. The second-order valence-electron chi connectivity index (χ2n) is 17.9. The highest BCUT2D eigenvalue weighted by atomic mass is 16.5. The molecule has 3 N–H and O–H groups in total. The number of hydrogen-bond donors (Lipinski definition) is 3. The van der Waals surface area contributed by atoms with E-state index in [1.165, 1.54) is 83.5 Å². The van der Waals surface area contributed by atoms with Gasteiger partial charge in [0, 0.05) is 6.42 Å². The fourth-order valence-corrected chi connectivity index (χ4v) is 7.59. The highest BCUT2D eigenvalue weighted by molar-refractivity contribution is 5.77. The Labute approximate surface area is 401 Å². The predicted octanol–water partition coefficient (Wildman–Crippen LogP) is 16.5. The Bertz CT molecular complexity index is 1290. The molecule has 0 aromatic carbocycles. The standard InChI is InChI=1S/C59H101NO5/c1-4-7-10-13-16-19-22-25-27-29-31-33-35-38-41-44-47-50-55(65-59(64)52-49-46-43-40-37-34-32-30-28-26-23-20-17-14-11-8-5-2)53-58(63)60-56(54-61)57(62)51-48-45-42-39-36-24-21-18-15-12-9-6-3/h7,10,16-17,19-20,25-28,31-34,38,41,55-57,61-62H,4-6,8-9,11-15,18,21-24,29-30,35-37,39-40,42-54H2,1-3H3,(H,60,63)/b10-7-,19-16-,20-17-,27-25-,28-26-,33-31-,34-32-,41-38-. The number of amides is 1. The first-order chi connectivity index (χ1) is 32.0. The van der Waals surface area contributed by atoms with Gasteiger partial charge in [0.1, 0.15) is 6.10 Å². The minimum absolute atomic E-state index is 0.0243. The summed E-state index contributed by atoms with van der Waals surface area (Å²) < 4.78 is 5.91. The van der Waals surface area contributed by atoms with Crippen LogP contribution >= 0.6 is 0 Å². The van der Waals surface area contributed by atoms with E-state index in [0.717, 1.165) is 109 Å². The van der Waals surface area contributed by atoms with E-state index in [1.807, 2.05) is 0 Å². The van der Waals surface area contributed by atoms with E-state index in [9.17, 15) is 19.8 Å². The van der Waals surface area contributed by atoms with E-state index in [2.05, 4.69) is 123 Å². The molecule has 0 saturated heterocycles. The maximum atomic E-state index is 13.2. The number of carbonyl (C=O) groups excluding carboxylic acids is 2. The van der Waals surface area contributed by atoms with Crippen molar-refractivity contribution < 1.29 is 24.5 Å². The van der Waals surface area contributed by atoms with Crippen molar-refractivity contribution in [3.8, 4) is 0 Å². The minimum atomic E-state index is -0.812. The molecule has 0 heterocycles. The van der Waals surface area contributed by atoms with Gasteiger partial charge in [0.05, 0.1) is 25.2 Å². The topological polar surface area (TPSA) is 95.9 Å². The van der Waals surface area contributed by atoms with E-state index in [4.69, 9.17) is 4.74 Å². The molecule has 6 nitrogen and oxygen atoms in total. The third-order valence-electron chi connectivity index (χ3n) is 11.6. The largest absolute Gasteiger partial charge is 0.462 e. The Morgan fingerprint density at radius 2 is 0.846 bits per heavy atom. The van der Waals surface area contributed by atoms with Crippen molar-refractivity contribution in [3.63, 3.8) is 0 Å². The number of aliphatic hydroxyl groups is 2. The van der Waals surface area contributed by atoms with E-state index < -0.39 is 18.2 Å². The minimum Gasteiger partial charge on any atom is -0.462 e. The molecule has 0 aromatic heterocycles. The van der Waals surface area contributed by atoms with Gasteiger partial charge in [-0.1, -0.05) is 221 Å². The van der Waals surface area contributed by atoms with Crippen LogP contribution in [0.2, 0.25) is 0 Å². The Morgan fingerprint density at radius 3 is 1.32 bits per heavy atom. The molecule has 3 unspecified atom stereocenters. The van der Waals surface area contributed by atoms with Crippen molar-refractivity contribution in [1.29, 1.82) is 0 Å². The lowest BCUT2D eigenvalue weighted by Crippen LogP contribution is -2.46. The zero-order valence-electron chi connectivity index (χ0n) is 42.3. The van der Waals surface area contributed by atoms with Gasteiger partial charge < -0.3 is 20.3 Å². The van der Waals surface area contributed by atoms with Crippen LogP contribution in [0.15, 0.2) is 97.2 Å². The molecule has 0 rings (SSSR count). The molecule has 0 aromatic rings. The molecule has 0 spiro atoms. The molecule has 0 bridgehead atoms. The molecular formula is C59H101NO5. The molecule has 65 heavy (non-hydrogen) atoms. The number of nitrogens with one attached hydrogen (secondary N) is 1. The van der Waals surface area contributed by atoms with Crippen molar-refractivity contribution in [2.75, 3.05) is 6.61 Å². The summed E-state index contributed by atoms with van der Waals surface area (Å²) in [5, 5.41) is 23.8. The smallest absolute Gasteiger partial charge is 0.306 e. The summed E-state index contributed by atoms with van der Waals surface area (Å²) in [4.78, 5) is 26.2. The van der Waals surface area contributed by atoms with Crippen LogP contribution in [0.3, 0.4) is 0 Å². The number of hydrogen-bond acceptors (Lipinski definition) is 5.